The quantitative estimate of drug-likeness (QED) is 0.349. The van der Waals surface area contributed by atoms with Gasteiger partial charge in [0.25, 0.3) is 0 Å². The lowest BCUT2D eigenvalue weighted by Crippen LogP contribution is -2.41. The Hall–Kier alpha value is -0.850. The second-order valence-electron chi connectivity index (χ2n) is 6.54. The van der Waals surface area contributed by atoms with Gasteiger partial charge in [-0.1, -0.05) is 26.0 Å². The number of nitrogens with zero attached hydrogens (tertiary/aromatic N) is 2. The first-order chi connectivity index (χ1) is 10.00. The summed E-state index contributed by atoms with van der Waals surface area (Å²) in [7, 11) is 1.83. The number of nitrogens with one attached hydrogen (secondary N) is 1. The summed E-state index contributed by atoms with van der Waals surface area (Å²) in [5, 5.41) is 3.42. The van der Waals surface area contributed by atoms with Crippen molar-refractivity contribution in [3.05, 3.63) is 35.6 Å². The molecule has 1 aliphatic heterocycles. The van der Waals surface area contributed by atoms with Crippen LogP contribution in [-0.4, -0.2) is 37.5 Å². The van der Waals surface area contributed by atoms with Gasteiger partial charge in [-0.2, -0.15) is 0 Å². The summed E-state index contributed by atoms with van der Waals surface area (Å²) < 4.78 is 13.1. The van der Waals surface area contributed by atoms with E-state index in [2.05, 4.69) is 29.1 Å². The van der Waals surface area contributed by atoms with Gasteiger partial charge in [0, 0.05) is 26.7 Å². The second kappa shape index (κ2) is 8.70. The molecule has 0 atom stereocenters. The number of hydrogen-bond acceptors (Lipinski definition) is 1. The third kappa shape index (κ3) is 5.74. The van der Waals surface area contributed by atoms with Crippen molar-refractivity contribution in [2.75, 3.05) is 26.7 Å². The van der Waals surface area contributed by atoms with Crippen LogP contribution in [0.25, 0.3) is 0 Å². The van der Waals surface area contributed by atoms with E-state index in [0.29, 0.717) is 5.41 Å². The summed E-state index contributed by atoms with van der Waals surface area (Å²) in [5.41, 5.74) is 1.42. The lowest BCUT2D eigenvalue weighted by atomic mass is 9.93. The third-order valence-electron chi connectivity index (χ3n) is 4.00. The van der Waals surface area contributed by atoms with Crippen LogP contribution in [0.1, 0.15) is 32.3 Å². The van der Waals surface area contributed by atoms with Crippen LogP contribution in [0.2, 0.25) is 0 Å². The van der Waals surface area contributed by atoms with Crippen molar-refractivity contribution in [3.63, 3.8) is 0 Å². The number of aryl methyl sites for hydroxylation is 1. The van der Waals surface area contributed by atoms with Crippen molar-refractivity contribution in [2.45, 2.75) is 33.1 Å². The summed E-state index contributed by atoms with van der Waals surface area (Å²) in [6, 6.07) is 6.83. The van der Waals surface area contributed by atoms with E-state index in [0.717, 1.165) is 44.0 Å². The molecule has 1 aromatic rings. The van der Waals surface area contributed by atoms with E-state index in [-0.39, 0.29) is 29.8 Å². The number of halogens is 2. The molecule has 0 radical (unpaired) electrons. The van der Waals surface area contributed by atoms with Crippen molar-refractivity contribution in [2.24, 2.45) is 10.4 Å². The zero-order chi connectivity index (χ0) is 15.3. The molecular formula is C17H27FIN3. The predicted octanol–water partition coefficient (Wildman–Crippen LogP) is 3.68. The summed E-state index contributed by atoms with van der Waals surface area (Å²) in [5.74, 6) is 0.829. The van der Waals surface area contributed by atoms with E-state index in [4.69, 9.17) is 0 Å². The van der Waals surface area contributed by atoms with Crippen molar-refractivity contribution >= 4 is 29.9 Å². The second-order valence-corrected chi connectivity index (χ2v) is 6.54. The molecular weight excluding hydrogens is 392 g/mol. The van der Waals surface area contributed by atoms with Crippen molar-refractivity contribution in [1.82, 2.24) is 10.2 Å². The van der Waals surface area contributed by atoms with E-state index in [1.54, 1.807) is 12.1 Å². The molecule has 1 fully saturated rings. The highest BCUT2D eigenvalue weighted by molar-refractivity contribution is 14.0. The largest absolute Gasteiger partial charge is 0.356 e. The highest BCUT2D eigenvalue weighted by Gasteiger charge is 2.30. The number of benzene rings is 1. The van der Waals surface area contributed by atoms with Crippen LogP contribution in [0.15, 0.2) is 29.3 Å². The van der Waals surface area contributed by atoms with Crippen LogP contribution in [-0.2, 0) is 6.42 Å². The van der Waals surface area contributed by atoms with Gasteiger partial charge < -0.3 is 10.2 Å². The topological polar surface area (TPSA) is 27.6 Å². The number of likely N-dealkylation sites (tertiary alicyclic amines) is 1. The van der Waals surface area contributed by atoms with Gasteiger partial charge >= 0.3 is 0 Å². The Labute approximate surface area is 150 Å². The van der Waals surface area contributed by atoms with Gasteiger partial charge in [0.15, 0.2) is 5.96 Å². The fourth-order valence-electron chi connectivity index (χ4n) is 2.81. The number of hydrogen-bond donors (Lipinski definition) is 1. The molecule has 124 valence electrons. The summed E-state index contributed by atoms with van der Waals surface area (Å²) in [4.78, 5) is 6.69. The van der Waals surface area contributed by atoms with Gasteiger partial charge in [0.2, 0.25) is 0 Å². The van der Waals surface area contributed by atoms with E-state index >= 15 is 0 Å². The Bertz CT molecular complexity index is 502. The Morgan fingerprint density at radius 3 is 2.77 bits per heavy atom. The van der Waals surface area contributed by atoms with Crippen LogP contribution in [0, 0.1) is 11.2 Å². The van der Waals surface area contributed by atoms with Crippen LogP contribution in [0.5, 0.6) is 0 Å². The molecule has 0 aliphatic carbocycles. The maximum absolute atomic E-state index is 13.1. The van der Waals surface area contributed by atoms with Crippen LogP contribution >= 0.6 is 24.0 Å². The molecule has 0 amide bonds. The minimum Gasteiger partial charge on any atom is -0.356 e. The summed E-state index contributed by atoms with van der Waals surface area (Å²) in [6.07, 6.45) is 3.06. The number of guanidine groups is 1. The van der Waals surface area contributed by atoms with E-state index < -0.39 is 0 Å². The SMILES string of the molecule is CN=C(NCCCc1cccc(F)c1)N1CCC(C)(C)C1.I. The average Bonchev–Trinajstić information content (AvgIpc) is 2.79. The highest BCUT2D eigenvalue weighted by atomic mass is 127. The maximum Gasteiger partial charge on any atom is 0.193 e. The summed E-state index contributed by atoms with van der Waals surface area (Å²) in [6.45, 7) is 7.57. The van der Waals surface area contributed by atoms with Gasteiger partial charge in [-0.25, -0.2) is 4.39 Å². The molecule has 0 unspecified atom stereocenters. The molecule has 0 aromatic heterocycles. The molecule has 0 saturated carbocycles. The van der Waals surface area contributed by atoms with Crippen LogP contribution in [0.4, 0.5) is 4.39 Å². The number of rotatable bonds is 4. The van der Waals surface area contributed by atoms with Gasteiger partial charge in [0.05, 0.1) is 0 Å². The minimum atomic E-state index is -0.157. The molecule has 1 heterocycles. The van der Waals surface area contributed by atoms with E-state index in [9.17, 15) is 4.39 Å². The van der Waals surface area contributed by atoms with Crippen molar-refractivity contribution in [1.29, 1.82) is 0 Å². The smallest absolute Gasteiger partial charge is 0.193 e. The van der Waals surface area contributed by atoms with Crippen molar-refractivity contribution in [3.8, 4) is 0 Å². The Morgan fingerprint density at radius 2 is 2.18 bits per heavy atom. The molecule has 0 spiro atoms. The maximum atomic E-state index is 13.1. The zero-order valence-electron chi connectivity index (χ0n) is 13.7. The third-order valence-corrected chi connectivity index (χ3v) is 4.00. The molecule has 1 saturated heterocycles. The van der Waals surface area contributed by atoms with Crippen molar-refractivity contribution < 1.29 is 4.39 Å². The average molecular weight is 419 g/mol. The molecule has 0 bridgehead atoms. The first kappa shape index (κ1) is 19.2. The molecule has 5 heteroatoms. The summed E-state index contributed by atoms with van der Waals surface area (Å²) >= 11 is 0. The van der Waals surface area contributed by atoms with Crippen LogP contribution < -0.4 is 5.32 Å². The Kier molecular flexibility index (Phi) is 7.59. The molecule has 3 nitrogen and oxygen atoms in total. The molecule has 1 N–H and O–H groups in total. The normalized spacial score (nSPS) is 17.3. The van der Waals surface area contributed by atoms with E-state index in [1.807, 2.05) is 13.1 Å². The highest BCUT2D eigenvalue weighted by Crippen LogP contribution is 2.28. The minimum absolute atomic E-state index is 0. The molecule has 1 aliphatic rings. The first-order valence-electron chi connectivity index (χ1n) is 7.70. The van der Waals surface area contributed by atoms with E-state index in [1.165, 1.54) is 12.5 Å². The molecule has 1 aromatic carbocycles. The van der Waals surface area contributed by atoms with Crippen LogP contribution in [0.3, 0.4) is 0 Å². The van der Waals surface area contributed by atoms with Gasteiger partial charge in [0.1, 0.15) is 5.82 Å². The Morgan fingerprint density at radius 1 is 1.41 bits per heavy atom. The zero-order valence-corrected chi connectivity index (χ0v) is 16.1. The number of aliphatic imine (C=N–C) groups is 1. The monoisotopic (exact) mass is 419 g/mol. The lowest BCUT2D eigenvalue weighted by molar-refractivity contribution is 0.370. The van der Waals surface area contributed by atoms with Gasteiger partial charge in [-0.3, -0.25) is 4.99 Å². The molecule has 2 rings (SSSR count). The fourth-order valence-corrected chi connectivity index (χ4v) is 2.81. The van der Waals surface area contributed by atoms with Gasteiger partial charge in [-0.05, 0) is 42.4 Å². The molecule has 22 heavy (non-hydrogen) atoms. The predicted molar refractivity (Wildman–Crippen MR) is 101 cm³/mol. The standard InChI is InChI=1S/C17H26FN3.HI/c1-17(2)9-11-21(13-17)16(19-3)20-10-5-7-14-6-4-8-15(18)12-14;/h4,6,8,12H,5,7,9-11,13H2,1-3H3,(H,19,20);1H. The first-order valence-corrected chi connectivity index (χ1v) is 7.70. The van der Waals surface area contributed by atoms with Gasteiger partial charge in [-0.15, -0.1) is 24.0 Å². The lowest BCUT2D eigenvalue weighted by Gasteiger charge is -2.23. The Balaban J connectivity index is 0.00000242. The fraction of sp³-hybridized carbons (Fsp3) is 0.588.